The van der Waals surface area contributed by atoms with Crippen molar-refractivity contribution in [3.05, 3.63) is 24.3 Å². The molecule has 1 heterocycles. The van der Waals surface area contributed by atoms with Crippen molar-refractivity contribution in [1.29, 1.82) is 0 Å². The Morgan fingerprint density at radius 3 is 3.06 bits per heavy atom. The predicted octanol–water partition coefficient (Wildman–Crippen LogP) is 0.191. The Morgan fingerprint density at radius 2 is 2.31 bits per heavy atom. The molecule has 2 rings (SSSR count). The van der Waals surface area contributed by atoms with Gasteiger partial charge in [-0.1, -0.05) is 6.07 Å². The molecule has 2 amide bonds. The third-order valence-electron chi connectivity index (χ3n) is 2.47. The van der Waals surface area contributed by atoms with Crippen LogP contribution in [0, 0.1) is 0 Å². The van der Waals surface area contributed by atoms with E-state index in [-0.39, 0.29) is 5.91 Å². The second-order valence-corrected chi connectivity index (χ2v) is 3.53. The number of nitrogens with zero attached hydrogens (tertiary/aromatic N) is 1. The lowest BCUT2D eigenvalue weighted by molar-refractivity contribution is -0.118. The van der Waals surface area contributed by atoms with Crippen molar-refractivity contribution in [2.45, 2.75) is 0 Å². The molecule has 5 nitrogen and oxygen atoms in total. The van der Waals surface area contributed by atoms with E-state index in [0.29, 0.717) is 25.2 Å². The fraction of sp³-hybridized carbons (Fsp3) is 0.273. The third kappa shape index (κ3) is 2.20. The van der Waals surface area contributed by atoms with E-state index < -0.39 is 0 Å². The van der Waals surface area contributed by atoms with Crippen molar-refractivity contribution in [3.63, 3.8) is 0 Å². The van der Waals surface area contributed by atoms with Crippen molar-refractivity contribution >= 4 is 23.7 Å². The van der Waals surface area contributed by atoms with Crippen LogP contribution in [0.15, 0.2) is 24.3 Å². The molecule has 1 fully saturated rings. The Bertz CT molecular complexity index is 406. The summed E-state index contributed by atoms with van der Waals surface area (Å²) in [6.45, 7) is 1.81. The maximum absolute atomic E-state index is 11.6. The Labute approximate surface area is 93.4 Å². The number of nitrogens with one attached hydrogen (secondary N) is 2. The molecular formula is C11H13N3O2. The topological polar surface area (TPSA) is 61.4 Å². The highest BCUT2D eigenvalue weighted by Gasteiger charge is 2.18. The van der Waals surface area contributed by atoms with Gasteiger partial charge in [0.15, 0.2) is 0 Å². The molecule has 2 N–H and O–H groups in total. The normalized spacial score (nSPS) is 16.0. The zero-order valence-electron chi connectivity index (χ0n) is 8.77. The van der Waals surface area contributed by atoms with Crippen LogP contribution >= 0.6 is 0 Å². The summed E-state index contributed by atoms with van der Waals surface area (Å²) in [5.41, 5.74) is 1.51. The summed E-state index contributed by atoms with van der Waals surface area (Å²) in [6.07, 6.45) is 0.624. The van der Waals surface area contributed by atoms with Gasteiger partial charge in [0.1, 0.15) is 0 Å². The SMILES string of the molecule is O=CNc1cccc(N2CCNCC2=O)c1. The quantitative estimate of drug-likeness (QED) is 0.713. The van der Waals surface area contributed by atoms with E-state index in [2.05, 4.69) is 10.6 Å². The van der Waals surface area contributed by atoms with Crippen molar-refractivity contribution in [3.8, 4) is 0 Å². The summed E-state index contributed by atoms with van der Waals surface area (Å²) in [5.74, 6) is 0.0505. The van der Waals surface area contributed by atoms with Crippen LogP contribution in [0.2, 0.25) is 0 Å². The molecule has 0 bridgehead atoms. The van der Waals surface area contributed by atoms with Crippen LogP contribution in [0.5, 0.6) is 0 Å². The van der Waals surface area contributed by atoms with Crippen molar-refractivity contribution in [1.82, 2.24) is 5.32 Å². The molecule has 1 aromatic carbocycles. The summed E-state index contributed by atoms with van der Waals surface area (Å²) in [7, 11) is 0. The molecule has 5 heteroatoms. The molecular weight excluding hydrogens is 206 g/mol. The van der Waals surface area contributed by atoms with Crippen LogP contribution in [-0.4, -0.2) is 32.0 Å². The minimum absolute atomic E-state index is 0.0505. The first-order chi connectivity index (χ1) is 7.81. The molecule has 0 unspecified atom stereocenters. The monoisotopic (exact) mass is 219 g/mol. The number of hydrogen-bond donors (Lipinski definition) is 2. The van der Waals surface area contributed by atoms with Gasteiger partial charge < -0.3 is 15.5 Å². The van der Waals surface area contributed by atoms with Gasteiger partial charge in [0, 0.05) is 24.5 Å². The van der Waals surface area contributed by atoms with Crippen LogP contribution in [0.25, 0.3) is 0 Å². The number of anilines is 2. The smallest absolute Gasteiger partial charge is 0.240 e. The summed E-state index contributed by atoms with van der Waals surface area (Å²) >= 11 is 0. The van der Waals surface area contributed by atoms with Gasteiger partial charge in [-0.15, -0.1) is 0 Å². The molecule has 1 aromatic rings. The zero-order chi connectivity index (χ0) is 11.4. The Morgan fingerprint density at radius 1 is 1.44 bits per heavy atom. The Hall–Kier alpha value is -1.88. The van der Waals surface area contributed by atoms with Crippen LogP contribution in [0.3, 0.4) is 0 Å². The zero-order valence-corrected chi connectivity index (χ0v) is 8.77. The van der Waals surface area contributed by atoms with Crippen molar-refractivity contribution in [2.75, 3.05) is 29.9 Å². The first-order valence-corrected chi connectivity index (χ1v) is 5.12. The Kier molecular flexibility index (Phi) is 3.16. The summed E-state index contributed by atoms with van der Waals surface area (Å²) in [4.78, 5) is 23.7. The molecule has 0 aliphatic carbocycles. The number of piperazine rings is 1. The predicted molar refractivity (Wildman–Crippen MR) is 61.4 cm³/mol. The van der Waals surface area contributed by atoms with Gasteiger partial charge in [0.05, 0.1) is 6.54 Å². The number of carbonyl (C=O) groups is 2. The van der Waals surface area contributed by atoms with Gasteiger partial charge in [-0.25, -0.2) is 0 Å². The van der Waals surface area contributed by atoms with E-state index in [4.69, 9.17) is 0 Å². The van der Waals surface area contributed by atoms with Crippen LogP contribution < -0.4 is 15.5 Å². The van der Waals surface area contributed by atoms with E-state index in [1.165, 1.54) is 0 Å². The lowest BCUT2D eigenvalue weighted by Crippen LogP contribution is -2.48. The van der Waals surface area contributed by atoms with Crippen LogP contribution in [0.4, 0.5) is 11.4 Å². The average Bonchev–Trinajstić information content (AvgIpc) is 2.30. The van der Waals surface area contributed by atoms with Crippen LogP contribution in [0.1, 0.15) is 0 Å². The number of rotatable bonds is 3. The molecule has 0 atom stereocenters. The van der Waals surface area contributed by atoms with E-state index in [9.17, 15) is 9.59 Å². The first kappa shape index (κ1) is 10.6. The fourth-order valence-corrected chi connectivity index (χ4v) is 1.71. The van der Waals surface area contributed by atoms with Crippen molar-refractivity contribution in [2.24, 2.45) is 0 Å². The average molecular weight is 219 g/mol. The van der Waals surface area contributed by atoms with Gasteiger partial charge in [-0.05, 0) is 18.2 Å². The van der Waals surface area contributed by atoms with Gasteiger partial charge in [-0.2, -0.15) is 0 Å². The summed E-state index contributed by atoms with van der Waals surface area (Å²) < 4.78 is 0. The maximum atomic E-state index is 11.6. The minimum atomic E-state index is 0.0505. The maximum Gasteiger partial charge on any atom is 0.240 e. The highest BCUT2D eigenvalue weighted by Crippen LogP contribution is 2.19. The van der Waals surface area contributed by atoms with Gasteiger partial charge >= 0.3 is 0 Å². The molecule has 1 aliphatic rings. The van der Waals surface area contributed by atoms with E-state index in [1.807, 2.05) is 12.1 Å². The van der Waals surface area contributed by atoms with E-state index in [1.54, 1.807) is 17.0 Å². The third-order valence-corrected chi connectivity index (χ3v) is 2.47. The number of hydrogen-bond acceptors (Lipinski definition) is 3. The second-order valence-electron chi connectivity index (χ2n) is 3.53. The van der Waals surface area contributed by atoms with Crippen molar-refractivity contribution < 1.29 is 9.59 Å². The number of carbonyl (C=O) groups excluding carboxylic acids is 2. The first-order valence-electron chi connectivity index (χ1n) is 5.12. The largest absolute Gasteiger partial charge is 0.329 e. The highest BCUT2D eigenvalue weighted by molar-refractivity contribution is 5.96. The lowest BCUT2D eigenvalue weighted by atomic mass is 10.2. The van der Waals surface area contributed by atoms with Gasteiger partial charge in [0.25, 0.3) is 0 Å². The lowest BCUT2D eigenvalue weighted by Gasteiger charge is -2.27. The standard InChI is InChI=1S/C11H13N3O2/c15-8-13-9-2-1-3-10(6-9)14-5-4-12-7-11(14)16/h1-3,6,8,12H,4-5,7H2,(H,13,15). The van der Waals surface area contributed by atoms with E-state index in [0.717, 1.165) is 12.2 Å². The summed E-state index contributed by atoms with van der Waals surface area (Å²) in [6, 6.07) is 7.25. The highest BCUT2D eigenvalue weighted by atomic mass is 16.2. The molecule has 16 heavy (non-hydrogen) atoms. The second kappa shape index (κ2) is 4.76. The van der Waals surface area contributed by atoms with Gasteiger partial charge in [0.2, 0.25) is 12.3 Å². The van der Waals surface area contributed by atoms with E-state index >= 15 is 0 Å². The fourth-order valence-electron chi connectivity index (χ4n) is 1.71. The molecule has 1 saturated heterocycles. The number of benzene rings is 1. The molecule has 0 radical (unpaired) electrons. The molecule has 0 aromatic heterocycles. The van der Waals surface area contributed by atoms with Gasteiger partial charge in [-0.3, -0.25) is 9.59 Å². The summed E-state index contributed by atoms with van der Waals surface area (Å²) in [5, 5.41) is 5.58. The molecule has 1 aliphatic heterocycles. The minimum Gasteiger partial charge on any atom is -0.329 e. The number of amides is 2. The Balaban J connectivity index is 2.21. The molecule has 84 valence electrons. The molecule has 0 saturated carbocycles. The van der Waals surface area contributed by atoms with Crippen LogP contribution in [-0.2, 0) is 9.59 Å². The molecule has 0 spiro atoms.